The first kappa shape index (κ1) is 27.2. The summed E-state index contributed by atoms with van der Waals surface area (Å²) in [4.78, 5) is 32.3. The van der Waals surface area contributed by atoms with Gasteiger partial charge in [0, 0.05) is 29.7 Å². The molecule has 2 aromatic heterocycles. The number of rotatable bonds is 7. The molecule has 0 aliphatic heterocycles. The second-order valence-corrected chi connectivity index (χ2v) is 10.5. The Balaban J connectivity index is 1.34. The van der Waals surface area contributed by atoms with Gasteiger partial charge in [0.2, 0.25) is 11.8 Å². The molecule has 1 fully saturated rings. The number of amides is 2. The van der Waals surface area contributed by atoms with Crippen LogP contribution >= 0.6 is 23.5 Å². The maximum atomic E-state index is 12.1. The number of hydrogen-bond donors (Lipinski definition) is 6. The summed E-state index contributed by atoms with van der Waals surface area (Å²) in [5, 5.41) is 38.0. The number of nitrogens with zero attached hydrogens (tertiary/aromatic N) is 2. The third kappa shape index (κ3) is 9.34. The van der Waals surface area contributed by atoms with Gasteiger partial charge in [-0.1, -0.05) is 12.1 Å². The molecule has 2 aromatic rings. The topological polar surface area (TPSA) is 179 Å². The predicted octanol–water partition coefficient (Wildman–Crippen LogP) is 3.59. The van der Waals surface area contributed by atoms with Crippen LogP contribution in [0.2, 0.25) is 0 Å². The number of carbonyl (C=O) groups excluding carboxylic acids is 2. The lowest BCUT2D eigenvalue weighted by Gasteiger charge is -2.14. The number of amidine groups is 2. The average molecular weight is 525 g/mol. The number of carbonyl (C=O) groups is 2. The van der Waals surface area contributed by atoms with Crippen LogP contribution in [0.15, 0.2) is 48.8 Å². The molecule has 3 rings (SSSR count). The van der Waals surface area contributed by atoms with Gasteiger partial charge in [-0.15, -0.1) is 0 Å². The van der Waals surface area contributed by atoms with E-state index in [1.165, 1.54) is 0 Å². The van der Waals surface area contributed by atoms with E-state index in [-0.39, 0.29) is 51.9 Å². The highest BCUT2D eigenvalue weighted by molar-refractivity contribution is 8.26. The smallest absolute Gasteiger partial charge is 0.231 e. The Kier molecular flexibility index (Phi) is 10.3. The summed E-state index contributed by atoms with van der Waals surface area (Å²) in [6, 6.07) is 10.6. The van der Waals surface area contributed by atoms with E-state index in [4.69, 9.17) is 21.6 Å². The van der Waals surface area contributed by atoms with Crippen LogP contribution in [0, 0.1) is 33.5 Å². The summed E-state index contributed by atoms with van der Waals surface area (Å²) in [5.74, 6) is -0.521. The highest BCUT2D eigenvalue weighted by Gasteiger charge is 2.30. The van der Waals surface area contributed by atoms with Crippen LogP contribution < -0.4 is 10.6 Å². The summed E-state index contributed by atoms with van der Waals surface area (Å²) in [6.07, 6.45) is 6.15. The van der Waals surface area contributed by atoms with E-state index >= 15 is 0 Å². The Morgan fingerprint density at radius 3 is 1.92 bits per heavy atom. The zero-order valence-electron chi connectivity index (χ0n) is 19.5. The molecule has 10 nitrogen and oxygen atoms in total. The van der Waals surface area contributed by atoms with Crippen molar-refractivity contribution in [2.75, 3.05) is 0 Å². The summed E-state index contributed by atoms with van der Waals surface area (Å²) in [7, 11) is 0. The average Bonchev–Trinajstić information content (AvgIpc) is 3.28. The molecule has 0 spiro atoms. The fourth-order valence-corrected chi connectivity index (χ4v) is 5.34. The van der Waals surface area contributed by atoms with Crippen molar-refractivity contribution in [2.24, 2.45) is 11.8 Å². The van der Waals surface area contributed by atoms with Crippen LogP contribution in [0.5, 0.6) is 0 Å². The number of hydrogen-bond acceptors (Lipinski definition) is 10. The molecule has 0 aromatic carbocycles. The molecule has 1 saturated carbocycles. The van der Waals surface area contributed by atoms with Gasteiger partial charge in [0.25, 0.3) is 0 Å². The first-order valence-corrected chi connectivity index (χ1v) is 13.0. The molecule has 12 heteroatoms. The lowest BCUT2D eigenvalue weighted by molar-refractivity contribution is -0.119. The minimum Gasteiger partial charge on any atom is -0.305 e. The predicted molar refractivity (Wildman–Crippen MR) is 144 cm³/mol. The Labute approximate surface area is 217 Å². The fourth-order valence-electron chi connectivity index (χ4n) is 3.85. The normalized spacial score (nSPS) is 16.7. The standard InChI is InChI=1S/C24H28N8O2S2/c25-19(35-23(27)31-20(33)13-17-5-1-3-9-29-17)12-15-7-8-16(11-15)22(26)36-24(28)32-21(34)14-18-6-2-4-10-30-18/h1-6,9-10,15-16,25-26H,7-8,11-14H2,(H2,27,31,33)(H2,28,32,34)/t15-,16?/m0/s1. The quantitative estimate of drug-likeness (QED) is 0.238. The van der Waals surface area contributed by atoms with E-state index < -0.39 is 0 Å². The molecule has 6 N–H and O–H groups in total. The molecule has 1 aliphatic rings. The summed E-state index contributed by atoms with van der Waals surface area (Å²) >= 11 is 1.87. The van der Waals surface area contributed by atoms with E-state index in [0.717, 1.165) is 36.4 Å². The van der Waals surface area contributed by atoms with Crippen LogP contribution in [0.4, 0.5) is 0 Å². The third-order valence-electron chi connectivity index (χ3n) is 5.46. The number of pyridine rings is 2. The summed E-state index contributed by atoms with van der Waals surface area (Å²) in [5.41, 5.74) is 1.23. The van der Waals surface area contributed by atoms with Crippen molar-refractivity contribution >= 4 is 55.8 Å². The van der Waals surface area contributed by atoms with Gasteiger partial charge in [0.1, 0.15) is 0 Å². The SMILES string of the molecule is N=C(C[C@H]1CCC(C(=N)SC(=N)NC(=O)Cc2ccccn2)C1)SC(=N)NC(=O)Cc1ccccn1. The van der Waals surface area contributed by atoms with Crippen molar-refractivity contribution in [1.82, 2.24) is 20.6 Å². The van der Waals surface area contributed by atoms with Crippen molar-refractivity contribution in [2.45, 2.75) is 38.5 Å². The molecule has 2 heterocycles. The monoisotopic (exact) mass is 524 g/mol. The summed E-state index contributed by atoms with van der Waals surface area (Å²) < 4.78 is 0. The Bertz CT molecular complexity index is 1130. The zero-order chi connectivity index (χ0) is 25.9. The number of nitrogens with one attached hydrogen (secondary N) is 6. The largest absolute Gasteiger partial charge is 0.305 e. The molecule has 188 valence electrons. The lowest BCUT2D eigenvalue weighted by Crippen LogP contribution is -2.30. The van der Waals surface area contributed by atoms with Gasteiger partial charge >= 0.3 is 0 Å². The van der Waals surface area contributed by atoms with Crippen LogP contribution in [-0.4, -0.2) is 42.2 Å². The Hall–Kier alpha value is -3.38. The molecule has 0 bridgehead atoms. The second-order valence-electron chi connectivity index (χ2n) is 8.32. The van der Waals surface area contributed by atoms with Gasteiger partial charge in [-0.25, -0.2) is 0 Å². The van der Waals surface area contributed by atoms with Gasteiger partial charge in [0.05, 0.1) is 22.9 Å². The van der Waals surface area contributed by atoms with Crippen LogP contribution in [0.1, 0.15) is 37.1 Å². The third-order valence-corrected chi connectivity index (χ3v) is 7.04. The molecule has 0 radical (unpaired) electrons. The van der Waals surface area contributed by atoms with Crippen molar-refractivity contribution < 1.29 is 9.59 Å². The van der Waals surface area contributed by atoms with Crippen LogP contribution in [0.25, 0.3) is 0 Å². The molecule has 2 amide bonds. The van der Waals surface area contributed by atoms with Crippen molar-refractivity contribution in [3.05, 3.63) is 60.2 Å². The molecular formula is C24H28N8O2S2. The van der Waals surface area contributed by atoms with Crippen LogP contribution in [0.3, 0.4) is 0 Å². The van der Waals surface area contributed by atoms with Crippen molar-refractivity contribution in [3.8, 4) is 0 Å². The number of aromatic nitrogens is 2. The maximum Gasteiger partial charge on any atom is 0.231 e. The van der Waals surface area contributed by atoms with Gasteiger partial charge < -0.3 is 10.6 Å². The molecular weight excluding hydrogens is 496 g/mol. The van der Waals surface area contributed by atoms with Gasteiger partial charge in [-0.05, 0) is 79.4 Å². The Morgan fingerprint density at radius 2 is 1.39 bits per heavy atom. The molecule has 1 aliphatic carbocycles. The molecule has 1 unspecified atom stereocenters. The molecule has 0 saturated heterocycles. The van der Waals surface area contributed by atoms with E-state index in [2.05, 4.69) is 20.6 Å². The minimum atomic E-state index is -0.347. The van der Waals surface area contributed by atoms with E-state index in [1.807, 2.05) is 0 Å². The van der Waals surface area contributed by atoms with E-state index in [9.17, 15) is 9.59 Å². The lowest BCUT2D eigenvalue weighted by atomic mass is 10.0. The first-order chi connectivity index (χ1) is 17.3. The first-order valence-electron chi connectivity index (χ1n) is 11.4. The molecule has 36 heavy (non-hydrogen) atoms. The van der Waals surface area contributed by atoms with Crippen LogP contribution in [-0.2, 0) is 22.4 Å². The Morgan fingerprint density at radius 1 is 0.833 bits per heavy atom. The second kappa shape index (κ2) is 13.6. The summed E-state index contributed by atoms with van der Waals surface area (Å²) in [6.45, 7) is 0. The highest BCUT2D eigenvalue weighted by Crippen LogP contribution is 2.37. The fraction of sp³-hybridized carbons (Fsp3) is 0.333. The van der Waals surface area contributed by atoms with E-state index in [1.54, 1.807) is 48.8 Å². The maximum absolute atomic E-state index is 12.1. The highest BCUT2D eigenvalue weighted by atomic mass is 32.2. The minimum absolute atomic E-state index is 0.0247. The molecule has 2 atom stereocenters. The van der Waals surface area contributed by atoms with Gasteiger partial charge in [0.15, 0.2) is 10.3 Å². The van der Waals surface area contributed by atoms with Gasteiger partial charge in [-0.3, -0.25) is 41.2 Å². The zero-order valence-corrected chi connectivity index (χ0v) is 21.2. The van der Waals surface area contributed by atoms with Crippen molar-refractivity contribution in [1.29, 1.82) is 21.6 Å². The number of thioether (sulfide) groups is 2. The van der Waals surface area contributed by atoms with E-state index in [0.29, 0.717) is 29.3 Å². The van der Waals surface area contributed by atoms with Gasteiger partial charge in [-0.2, -0.15) is 0 Å². The van der Waals surface area contributed by atoms with Crippen molar-refractivity contribution in [3.63, 3.8) is 0 Å².